The molecule has 2 amide bonds. The number of nitrogens with zero attached hydrogens (tertiary/aromatic N) is 1. The van der Waals surface area contributed by atoms with Crippen molar-refractivity contribution in [2.75, 3.05) is 10.2 Å². The van der Waals surface area contributed by atoms with Gasteiger partial charge in [0, 0.05) is 0 Å². The molecule has 0 unspecified atom stereocenters. The van der Waals surface area contributed by atoms with Gasteiger partial charge in [-0.2, -0.15) is 0 Å². The van der Waals surface area contributed by atoms with E-state index >= 15 is 0 Å². The predicted octanol–water partition coefficient (Wildman–Crippen LogP) is 6.24. The Morgan fingerprint density at radius 3 is 2.14 bits per heavy atom. The van der Waals surface area contributed by atoms with Crippen LogP contribution in [0.2, 0.25) is 0 Å². The number of aromatic nitrogens is 1. The van der Waals surface area contributed by atoms with Gasteiger partial charge in [-0.3, -0.25) is 10.2 Å². The summed E-state index contributed by atoms with van der Waals surface area (Å²) in [6.07, 6.45) is -1.57. The van der Waals surface area contributed by atoms with E-state index in [0.29, 0.717) is 10.6 Å². The minimum atomic E-state index is -0.795. The fraction of sp³-hybridized carbons (Fsp3) is 0.111. The number of aromatic hydroxyl groups is 1. The number of thiol groups is 1. The van der Waals surface area contributed by atoms with Crippen LogP contribution >= 0.6 is 12.6 Å². The first-order valence-corrected chi connectivity index (χ1v) is 11.7. The Balaban J connectivity index is 1.53. The van der Waals surface area contributed by atoms with Crippen LogP contribution in [0.1, 0.15) is 16.7 Å². The average molecular weight is 522 g/mol. The first-order chi connectivity index (χ1) is 17.9. The molecule has 8 nitrogen and oxygen atoms in total. The molecule has 1 aromatic heterocycles. The van der Waals surface area contributed by atoms with E-state index in [1.165, 1.54) is 18.2 Å². The van der Waals surface area contributed by atoms with Crippen LogP contribution < -0.4 is 10.2 Å². The maximum absolute atomic E-state index is 14.1. The molecular formula is C27H24FN3O5S. The molecular weight excluding hydrogens is 497 g/mol. The minimum Gasteiger partial charge on any atom is -0.493 e. The molecule has 0 saturated carbocycles. The van der Waals surface area contributed by atoms with Crippen molar-refractivity contribution in [3.05, 3.63) is 107 Å². The second kappa shape index (κ2) is 12.0. The first-order valence-electron chi connectivity index (χ1n) is 11.2. The van der Waals surface area contributed by atoms with Gasteiger partial charge in [0.25, 0.3) is 0 Å². The third-order valence-corrected chi connectivity index (χ3v) is 5.57. The van der Waals surface area contributed by atoms with Gasteiger partial charge in [0.1, 0.15) is 24.7 Å². The fourth-order valence-electron chi connectivity index (χ4n) is 3.51. The van der Waals surface area contributed by atoms with Crippen LogP contribution in [-0.2, 0) is 29.2 Å². The summed E-state index contributed by atoms with van der Waals surface area (Å²) >= 11 is 4.19. The van der Waals surface area contributed by atoms with Gasteiger partial charge in [-0.15, -0.1) is 12.6 Å². The van der Waals surface area contributed by atoms with E-state index < -0.39 is 18.0 Å². The first kappa shape index (κ1) is 25.6. The Morgan fingerprint density at radius 2 is 1.54 bits per heavy atom. The summed E-state index contributed by atoms with van der Waals surface area (Å²) in [6.45, 7) is -0.145. The van der Waals surface area contributed by atoms with Crippen LogP contribution in [0.4, 0.5) is 25.4 Å². The summed E-state index contributed by atoms with van der Waals surface area (Å²) in [5, 5.41) is 13.2. The summed E-state index contributed by atoms with van der Waals surface area (Å²) in [5.74, 6) is -0.900. The number of hydrogen-bond donors (Lipinski definition) is 4. The quantitative estimate of drug-likeness (QED) is 0.206. The zero-order valence-corrected chi connectivity index (χ0v) is 20.5. The summed E-state index contributed by atoms with van der Waals surface area (Å²) in [6, 6.07) is 23.4. The summed E-state index contributed by atoms with van der Waals surface area (Å²) in [4.78, 5) is 29.3. The lowest BCUT2D eigenvalue weighted by atomic mass is 10.1. The number of amides is 2. The highest BCUT2D eigenvalue weighted by atomic mass is 32.1. The van der Waals surface area contributed by atoms with Crippen molar-refractivity contribution in [3.63, 3.8) is 0 Å². The van der Waals surface area contributed by atoms with Crippen molar-refractivity contribution in [1.29, 1.82) is 0 Å². The third-order valence-electron chi connectivity index (χ3n) is 5.33. The molecule has 3 N–H and O–H groups in total. The second-order valence-corrected chi connectivity index (χ2v) is 8.48. The minimum absolute atomic E-state index is 0.00454. The number of halogens is 1. The normalized spacial score (nSPS) is 10.5. The highest BCUT2D eigenvalue weighted by Crippen LogP contribution is 2.32. The highest BCUT2D eigenvalue weighted by molar-refractivity contribution is 7.80. The van der Waals surface area contributed by atoms with E-state index in [9.17, 15) is 19.1 Å². The smallest absolute Gasteiger partial charge is 0.415 e. The van der Waals surface area contributed by atoms with Crippen LogP contribution in [0.25, 0.3) is 0 Å². The molecule has 0 fully saturated rings. The number of carbonyl (C=O) groups excluding carboxylic acids is 2. The molecule has 37 heavy (non-hydrogen) atoms. The number of ether oxygens (including phenoxy) is 2. The standard InChI is InChI=1S/C27H24FN3O5S/c28-21-12-11-20(22(13-21)29-26(33)35-16-18-7-3-1-4-8-18)15-31(23-14-24(37)30-25(23)32)27(34)36-17-19-9-5-2-6-10-19/h1-14,30,32,37H,15-17H2,(H,29,33). The van der Waals surface area contributed by atoms with Crippen LogP contribution in [0.15, 0.2) is 90.0 Å². The lowest BCUT2D eigenvalue weighted by Gasteiger charge is -2.23. The summed E-state index contributed by atoms with van der Waals surface area (Å²) < 4.78 is 24.8. The number of anilines is 2. The van der Waals surface area contributed by atoms with E-state index in [0.717, 1.165) is 22.1 Å². The van der Waals surface area contributed by atoms with Gasteiger partial charge in [-0.1, -0.05) is 66.7 Å². The maximum atomic E-state index is 14.1. The molecule has 0 saturated heterocycles. The highest BCUT2D eigenvalue weighted by Gasteiger charge is 2.24. The Kier molecular flexibility index (Phi) is 8.32. The molecule has 0 aliphatic heterocycles. The van der Waals surface area contributed by atoms with Gasteiger partial charge in [-0.25, -0.2) is 14.0 Å². The molecule has 4 rings (SSSR count). The van der Waals surface area contributed by atoms with Crippen molar-refractivity contribution in [2.45, 2.75) is 24.8 Å². The third kappa shape index (κ3) is 7.05. The molecule has 0 aliphatic rings. The molecule has 4 aromatic rings. The molecule has 1 heterocycles. The predicted molar refractivity (Wildman–Crippen MR) is 139 cm³/mol. The molecule has 0 radical (unpaired) electrons. The van der Waals surface area contributed by atoms with Crippen molar-refractivity contribution in [1.82, 2.24) is 4.98 Å². The number of aromatic amines is 1. The van der Waals surface area contributed by atoms with Crippen molar-refractivity contribution in [3.8, 4) is 5.88 Å². The number of benzene rings is 3. The van der Waals surface area contributed by atoms with Gasteiger partial charge >= 0.3 is 12.2 Å². The molecule has 10 heteroatoms. The molecule has 3 aromatic carbocycles. The van der Waals surface area contributed by atoms with Crippen molar-refractivity contribution < 1.29 is 28.6 Å². The topological polar surface area (TPSA) is 104 Å². The Morgan fingerprint density at radius 1 is 0.919 bits per heavy atom. The fourth-order valence-corrected chi connectivity index (χ4v) is 3.74. The van der Waals surface area contributed by atoms with Gasteiger partial charge in [-0.05, 0) is 34.9 Å². The Labute approximate surface area is 218 Å². The number of nitrogens with one attached hydrogen (secondary N) is 2. The van der Waals surface area contributed by atoms with Crippen LogP contribution in [0, 0.1) is 5.82 Å². The average Bonchev–Trinajstić information content (AvgIpc) is 3.24. The van der Waals surface area contributed by atoms with Gasteiger partial charge in [0.05, 0.1) is 17.3 Å². The van der Waals surface area contributed by atoms with Gasteiger partial charge in [0.15, 0.2) is 0 Å². The van der Waals surface area contributed by atoms with E-state index in [1.807, 2.05) is 36.4 Å². The van der Waals surface area contributed by atoms with Gasteiger partial charge < -0.3 is 19.6 Å². The summed E-state index contributed by atoms with van der Waals surface area (Å²) in [7, 11) is 0. The molecule has 0 bridgehead atoms. The maximum Gasteiger partial charge on any atom is 0.415 e. The number of rotatable bonds is 8. The Hall–Kier alpha value is -4.44. The summed E-state index contributed by atoms with van der Waals surface area (Å²) in [5.41, 5.74) is 2.13. The second-order valence-electron chi connectivity index (χ2n) is 8.00. The Bertz CT molecular complexity index is 1370. The van der Waals surface area contributed by atoms with E-state index in [-0.39, 0.29) is 37.0 Å². The number of hydrogen-bond acceptors (Lipinski definition) is 6. The van der Waals surface area contributed by atoms with E-state index in [1.54, 1.807) is 24.3 Å². The molecule has 0 aliphatic carbocycles. The van der Waals surface area contributed by atoms with Crippen LogP contribution in [-0.4, -0.2) is 22.3 Å². The van der Waals surface area contributed by atoms with E-state index in [4.69, 9.17) is 9.47 Å². The zero-order valence-electron chi connectivity index (χ0n) is 19.6. The van der Waals surface area contributed by atoms with Crippen molar-refractivity contribution >= 4 is 36.2 Å². The molecule has 0 atom stereocenters. The molecule has 0 spiro atoms. The van der Waals surface area contributed by atoms with Crippen molar-refractivity contribution in [2.24, 2.45) is 0 Å². The lowest BCUT2D eigenvalue weighted by molar-refractivity contribution is 0.146. The van der Waals surface area contributed by atoms with Crippen LogP contribution in [0.5, 0.6) is 5.88 Å². The largest absolute Gasteiger partial charge is 0.493 e. The number of carbonyl (C=O) groups is 2. The van der Waals surface area contributed by atoms with Gasteiger partial charge in [0.2, 0.25) is 5.88 Å². The monoisotopic (exact) mass is 521 g/mol. The number of H-pyrrole nitrogens is 1. The van der Waals surface area contributed by atoms with Crippen LogP contribution in [0.3, 0.4) is 0 Å². The molecule has 190 valence electrons. The van der Waals surface area contributed by atoms with E-state index in [2.05, 4.69) is 22.9 Å². The SMILES string of the molecule is O=C(Nc1cc(F)ccc1CN(C(=O)OCc1ccccc1)c1cc(S)[nH]c1O)OCc1ccccc1. The zero-order chi connectivity index (χ0) is 26.2. The lowest BCUT2D eigenvalue weighted by Crippen LogP contribution is -2.31.